The number of hydrogen-bond donors (Lipinski definition) is 1. The number of anilines is 2. The molecule has 0 aliphatic carbocycles. The molecule has 2 aromatic rings. The van der Waals surface area contributed by atoms with E-state index in [1.807, 2.05) is 65.0 Å². The lowest BCUT2D eigenvalue weighted by molar-refractivity contribution is -0.145. The van der Waals surface area contributed by atoms with E-state index in [2.05, 4.69) is 29.1 Å². The van der Waals surface area contributed by atoms with Gasteiger partial charge in [0.2, 0.25) is 11.8 Å². The smallest absolute Gasteiger partial charge is 0.253 e. The van der Waals surface area contributed by atoms with E-state index in [0.29, 0.717) is 24.5 Å². The molecule has 47 heavy (non-hydrogen) atoms. The lowest BCUT2D eigenvalue weighted by atomic mass is 9.70. The Hall–Kier alpha value is -3.47. The molecule has 3 aliphatic heterocycles. The van der Waals surface area contributed by atoms with Crippen LogP contribution in [0.5, 0.6) is 5.75 Å². The van der Waals surface area contributed by atoms with Gasteiger partial charge in [0.25, 0.3) is 5.91 Å². The molecule has 7 atom stereocenters. The highest BCUT2D eigenvalue weighted by atomic mass is 79.9. The number of amides is 3. The van der Waals surface area contributed by atoms with E-state index in [4.69, 9.17) is 9.47 Å². The normalized spacial score (nSPS) is 26.7. The number of hydrogen-bond acceptors (Lipinski definition) is 6. The zero-order valence-electron chi connectivity index (χ0n) is 27.9. The van der Waals surface area contributed by atoms with Crippen molar-refractivity contribution in [2.24, 2.45) is 17.8 Å². The fourth-order valence-corrected chi connectivity index (χ4v) is 8.66. The Kier molecular flexibility index (Phi) is 10.3. The fraction of sp³-hybridized carbons (Fsp3) is 0.486. The molecular formula is C37H46BrN3O6. The Morgan fingerprint density at radius 3 is 2.36 bits per heavy atom. The van der Waals surface area contributed by atoms with Gasteiger partial charge in [-0.3, -0.25) is 14.4 Å². The first-order valence-electron chi connectivity index (χ1n) is 16.3. The topological polar surface area (TPSA) is 99.6 Å². The lowest BCUT2D eigenvalue weighted by Crippen LogP contribution is -2.60. The number of rotatable bonds is 13. The van der Waals surface area contributed by atoms with Crippen LogP contribution in [0.1, 0.15) is 38.3 Å². The van der Waals surface area contributed by atoms with Gasteiger partial charge in [-0.15, -0.1) is 13.2 Å². The zero-order chi connectivity index (χ0) is 34.2. The maximum Gasteiger partial charge on any atom is 0.253 e. The molecule has 9 nitrogen and oxygen atoms in total. The number of alkyl halides is 1. The number of aliphatic hydroxyl groups excluding tert-OH is 1. The summed E-state index contributed by atoms with van der Waals surface area (Å²) >= 11 is 3.79. The Labute approximate surface area is 286 Å². The number of aliphatic hydroxyl groups is 1. The third kappa shape index (κ3) is 5.93. The molecule has 3 saturated heterocycles. The van der Waals surface area contributed by atoms with Crippen molar-refractivity contribution in [3.05, 3.63) is 78.9 Å². The first-order chi connectivity index (χ1) is 22.4. The lowest BCUT2D eigenvalue weighted by Gasteiger charge is -2.40. The number of nitrogens with zero attached hydrogens (tertiary/aromatic N) is 3. The summed E-state index contributed by atoms with van der Waals surface area (Å²) in [5.41, 5.74) is 1.95. The van der Waals surface area contributed by atoms with Crippen LogP contribution in [-0.4, -0.2) is 82.6 Å². The van der Waals surface area contributed by atoms with Crippen molar-refractivity contribution in [2.75, 3.05) is 36.1 Å². The summed E-state index contributed by atoms with van der Waals surface area (Å²) in [6.07, 6.45) is 3.04. The quantitative estimate of drug-likeness (QED) is 0.227. The number of fused-ring (bicyclic) bond motifs is 1. The minimum absolute atomic E-state index is 0.171. The minimum atomic E-state index is -1.29. The molecule has 3 heterocycles. The van der Waals surface area contributed by atoms with Crippen molar-refractivity contribution >= 4 is 45.0 Å². The maximum absolute atomic E-state index is 15.0. The van der Waals surface area contributed by atoms with Crippen molar-refractivity contribution in [1.29, 1.82) is 0 Å². The van der Waals surface area contributed by atoms with Crippen molar-refractivity contribution in [2.45, 2.75) is 69.7 Å². The van der Waals surface area contributed by atoms with Gasteiger partial charge in [-0.2, -0.15) is 0 Å². The van der Waals surface area contributed by atoms with Crippen LogP contribution < -0.4 is 14.5 Å². The van der Waals surface area contributed by atoms with Crippen LogP contribution in [0.4, 0.5) is 11.4 Å². The fourth-order valence-electron chi connectivity index (χ4n) is 7.72. The molecule has 0 radical (unpaired) electrons. The van der Waals surface area contributed by atoms with E-state index in [1.54, 1.807) is 34.1 Å². The highest BCUT2D eigenvalue weighted by Crippen LogP contribution is 2.61. The highest BCUT2D eigenvalue weighted by Gasteiger charge is 2.77. The van der Waals surface area contributed by atoms with Crippen molar-refractivity contribution < 1.29 is 29.0 Å². The van der Waals surface area contributed by atoms with E-state index < -0.39 is 35.6 Å². The third-order valence-corrected chi connectivity index (χ3v) is 10.7. The monoisotopic (exact) mass is 707 g/mol. The summed E-state index contributed by atoms with van der Waals surface area (Å²) < 4.78 is 12.4. The number of carbonyl (C=O) groups excluding carboxylic acids is 3. The molecule has 0 saturated carbocycles. The number of ether oxygens (including phenoxy) is 2. The molecular weight excluding hydrogens is 662 g/mol. The second kappa shape index (κ2) is 13.9. The number of halogens is 1. The van der Waals surface area contributed by atoms with Crippen molar-refractivity contribution in [1.82, 2.24) is 4.90 Å². The largest absolute Gasteiger partial charge is 0.494 e. The Balaban J connectivity index is 1.62. The number of likely N-dealkylation sites (tertiary alicyclic amines) is 1. The van der Waals surface area contributed by atoms with E-state index >= 15 is 4.79 Å². The second-order valence-electron chi connectivity index (χ2n) is 13.1. The van der Waals surface area contributed by atoms with Gasteiger partial charge >= 0.3 is 0 Å². The second-order valence-corrected chi connectivity index (χ2v) is 14.3. The van der Waals surface area contributed by atoms with Crippen molar-refractivity contribution in [3.63, 3.8) is 0 Å². The summed E-state index contributed by atoms with van der Waals surface area (Å²) in [7, 11) is 0. The van der Waals surface area contributed by atoms with Crippen LogP contribution in [0.2, 0.25) is 0 Å². The SMILES string of the molecule is C=CCN(C(=O)[C@H]1[C@H]2C(=O)N([C@@H](CO)C(C)C)C(C(=O)N(CC=C)c3cc(C)ccc3C)C23CC(Br)[C@@H]1O3)c1ccc(OCC)cc1. The summed E-state index contributed by atoms with van der Waals surface area (Å²) in [5.74, 6) is -2.22. The first-order valence-corrected chi connectivity index (χ1v) is 17.3. The molecule has 1 N–H and O–H groups in total. The summed E-state index contributed by atoms with van der Waals surface area (Å²) in [5, 5.41) is 10.7. The molecule has 252 valence electrons. The van der Waals surface area contributed by atoms with E-state index in [1.165, 1.54) is 4.90 Å². The van der Waals surface area contributed by atoms with E-state index in [9.17, 15) is 14.7 Å². The van der Waals surface area contributed by atoms with Crippen LogP contribution >= 0.6 is 15.9 Å². The van der Waals surface area contributed by atoms with Gasteiger partial charge in [0.1, 0.15) is 17.4 Å². The molecule has 0 aromatic heterocycles. The molecule has 1 spiro atoms. The predicted molar refractivity (Wildman–Crippen MR) is 187 cm³/mol. The molecule has 2 aromatic carbocycles. The highest BCUT2D eigenvalue weighted by molar-refractivity contribution is 9.09. The van der Waals surface area contributed by atoms with E-state index in [0.717, 1.165) is 16.8 Å². The number of benzene rings is 2. The molecule has 5 rings (SSSR count). The Morgan fingerprint density at radius 2 is 1.77 bits per heavy atom. The summed E-state index contributed by atoms with van der Waals surface area (Å²) in [6, 6.07) is 11.4. The van der Waals surface area contributed by atoms with Crippen LogP contribution in [0.15, 0.2) is 67.8 Å². The molecule has 3 fully saturated rings. The van der Waals surface area contributed by atoms with Gasteiger partial charge in [-0.05, 0) is 74.6 Å². The van der Waals surface area contributed by atoms with Crippen LogP contribution in [0, 0.1) is 31.6 Å². The van der Waals surface area contributed by atoms with Gasteiger partial charge in [0, 0.05) is 29.3 Å². The van der Waals surface area contributed by atoms with Crippen LogP contribution in [-0.2, 0) is 19.1 Å². The summed E-state index contributed by atoms with van der Waals surface area (Å²) in [6.45, 7) is 18.1. The Bertz CT molecular complexity index is 1530. The van der Waals surface area contributed by atoms with Crippen molar-refractivity contribution in [3.8, 4) is 5.75 Å². The molecule has 2 bridgehead atoms. The summed E-state index contributed by atoms with van der Waals surface area (Å²) in [4.78, 5) is 49.1. The van der Waals surface area contributed by atoms with Gasteiger partial charge in [-0.1, -0.05) is 54.1 Å². The average Bonchev–Trinajstić information content (AvgIpc) is 3.63. The molecule has 3 unspecified atom stereocenters. The third-order valence-electron chi connectivity index (χ3n) is 9.83. The van der Waals surface area contributed by atoms with Crippen LogP contribution in [0.3, 0.4) is 0 Å². The first kappa shape index (κ1) is 34.9. The minimum Gasteiger partial charge on any atom is -0.494 e. The maximum atomic E-state index is 15.0. The Morgan fingerprint density at radius 1 is 1.11 bits per heavy atom. The molecule has 3 amide bonds. The molecule has 3 aliphatic rings. The van der Waals surface area contributed by atoms with Gasteiger partial charge < -0.3 is 29.3 Å². The van der Waals surface area contributed by atoms with E-state index in [-0.39, 0.29) is 48.2 Å². The number of aryl methyl sites for hydroxylation is 2. The molecule has 10 heteroatoms. The van der Waals surface area contributed by atoms with Crippen LogP contribution in [0.25, 0.3) is 0 Å². The predicted octanol–water partition coefficient (Wildman–Crippen LogP) is 5.21. The average molecular weight is 709 g/mol. The van der Waals surface area contributed by atoms with Gasteiger partial charge in [0.05, 0.1) is 37.2 Å². The number of carbonyl (C=O) groups is 3. The van der Waals surface area contributed by atoms with Gasteiger partial charge in [0.15, 0.2) is 0 Å². The standard InChI is InChI=1S/C37H46BrN3O6/c1-8-17-39(25-13-15-26(16-14-25)46-10-3)34(43)30-31-35(44)41(29(21-42)22(4)5)33(37(31)20-27(38)32(30)47-37)36(45)40(18-9-2)28-19-23(6)11-12-24(28)7/h8-9,11-16,19,22,27,29-33,42H,1-2,10,17-18,20-21H2,3-7H3/t27?,29-,30-,31-,32-,33?,37?/m0/s1. The van der Waals surface area contributed by atoms with Gasteiger partial charge in [-0.25, -0.2) is 0 Å². The zero-order valence-corrected chi connectivity index (χ0v) is 29.5.